The second-order valence-corrected chi connectivity index (χ2v) is 9.22. The average Bonchev–Trinajstić information content (AvgIpc) is 3.41. The van der Waals surface area contributed by atoms with E-state index in [1.54, 1.807) is 12.1 Å². The van der Waals surface area contributed by atoms with Crippen LogP contribution >= 0.6 is 22.9 Å². The number of piperidine rings is 1. The van der Waals surface area contributed by atoms with Gasteiger partial charge in [0.1, 0.15) is 11.4 Å². The second-order valence-electron chi connectivity index (χ2n) is 7.79. The highest BCUT2D eigenvalue weighted by Crippen LogP contribution is 2.35. The molecular formula is C22H20ClN5O3S. The minimum Gasteiger partial charge on any atom is -0.341 e. The molecule has 4 aromatic rings. The van der Waals surface area contributed by atoms with Gasteiger partial charge in [-0.05, 0) is 43.9 Å². The van der Waals surface area contributed by atoms with Gasteiger partial charge in [-0.25, -0.2) is 4.98 Å². The molecule has 1 amide bonds. The first-order valence-electron chi connectivity index (χ1n) is 10.4. The summed E-state index contributed by atoms with van der Waals surface area (Å²) >= 11 is 7.37. The highest BCUT2D eigenvalue weighted by Gasteiger charge is 2.22. The van der Waals surface area contributed by atoms with Gasteiger partial charge in [0.05, 0.1) is 16.6 Å². The third-order valence-electron chi connectivity index (χ3n) is 5.63. The number of nitrogens with zero attached hydrogens (tertiary/aromatic N) is 5. The molecule has 4 heterocycles. The number of aryl methyl sites for hydroxylation is 1. The summed E-state index contributed by atoms with van der Waals surface area (Å²) in [6.07, 6.45) is 4.60. The van der Waals surface area contributed by atoms with Gasteiger partial charge in [0.2, 0.25) is 11.7 Å². The fourth-order valence-electron chi connectivity index (χ4n) is 3.93. The molecular weight excluding hydrogens is 450 g/mol. The second kappa shape index (κ2) is 8.48. The van der Waals surface area contributed by atoms with E-state index in [9.17, 15) is 9.59 Å². The van der Waals surface area contributed by atoms with Crippen LogP contribution in [0.1, 0.15) is 24.8 Å². The first-order valence-corrected chi connectivity index (χ1v) is 11.6. The molecule has 0 unspecified atom stereocenters. The molecule has 0 N–H and O–H groups in total. The van der Waals surface area contributed by atoms with Gasteiger partial charge in [-0.2, -0.15) is 4.98 Å². The van der Waals surface area contributed by atoms with Crippen LogP contribution in [0.3, 0.4) is 0 Å². The van der Waals surface area contributed by atoms with Crippen molar-refractivity contribution in [2.75, 3.05) is 13.1 Å². The molecule has 0 aliphatic carbocycles. The Labute approximate surface area is 192 Å². The molecule has 1 aromatic carbocycles. The summed E-state index contributed by atoms with van der Waals surface area (Å²) < 4.78 is 6.86. The van der Waals surface area contributed by atoms with Gasteiger partial charge in [0.15, 0.2) is 0 Å². The molecule has 1 aliphatic heterocycles. The number of halogens is 1. The van der Waals surface area contributed by atoms with Crippen molar-refractivity contribution in [2.45, 2.75) is 32.7 Å². The number of hydrogen-bond acceptors (Lipinski definition) is 7. The van der Waals surface area contributed by atoms with Crippen molar-refractivity contribution in [3.63, 3.8) is 0 Å². The summed E-state index contributed by atoms with van der Waals surface area (Å²) in [7, 11) is 0. The van der Waals surface area contributed by atoms with E-state index in [-0.39, 0.29) is 18.0 Å². The number of hydrogen-bond donors (Lipinski definition) is 0. The van der Waals surface area contributed by atoms with Gasteiger partial charge in [-0.3, -0.25) is 14.2 Å². The van der Waals surface area contributed by atoms with Crippen LogP contribution in [0.2, 0.25) is 5.02 Å². The Balaban J connectivity index is 1.47. The van der Waals surface area contributed by atoms with Gasteiger partial charge in [0, 0.05) is 23.7 Å². The SMILES string of the molecule is Cc1c(-c2nc(-c3cccc(Cl)c3)no2)sc2ncn(CC(=O)N3CCCCC3)c(=O)c12. The highest BCUT2D eigenvalue weighted by molar-refractivity contribution is 7.22. The molecule has 5 rings (SSSR count). The maximum absolute atomic E-state index is 13.2. The molecule has 10 heteroatoms. The van der Waals surface area contributed by atoms with Crippen molar-refractivity contribution in [1.29, 1.82) is 0 Å². The molecule has 0 bridgehead atoms. The molecule has 0 spiro atoms. The van der Waals surface area contributed by atoms with Crippen LogP contribution in [0, 0.1) is 6.92 Å². The highest BCUT2D eigenvalue weighted by atomic mass is 35.5. The molecule has 1 aliphatic rings. The number of carbonyl (C=O) groups is 1. The molecule has 0 atom stereocenters. The summed E-state index contributed by atoms with van der Waals surface area (Å²) in [5.41, 5.74) is 1.21. The largest absolute Gasteiger partial charge is 0.341 e. The zero-order valence-corrected chi connectivity index (χ0v) is 18.9. The normalized spacial score (nSPS) is 14.2. The van der Waals surface area contributed by atoms with Crippen LogP contribution in [0.5, 0.6) is 0 Å². The van der Waals surface area contributed by atoms with Crippen molar-refractivity contribution in [3.8, 4) is 22.2 Å². The van der Waals surface area contributed by atoms with Gasteiger partial charge in [-0.1, -0.05) is 28.9 Å². The van der Waals surface area contributed by atoms with Crippen LogP contribution < -0.4 is 5.56 Å². The quantitative estimate of drug-likeness (QED) is 0.445. The summed E-state index contributed by atoms with van der Waals surface area (Å²) in [6.45, 7) is 3.32. The third-order valence-corrected chi connectivity index (χ3v) is 7.06. The monoisotopic (exact) mass is 469 g/mol. The molecule has 0 saturated carbocycles. The van der Waals surface area contributed by atoms with Crippen LogP contribution in [-0.2, 0) is 11.3 Å². The summed E-state index contributed by atoms with van der Waals surface area (Å²) in [5, 5.41) is 5.11. The lowest BCUT2D eigenvalue weighted by Crippen LogP contribution is -2.39. The van der Waals surface area contributed by atoms with Crippen LogP contribution in [0.4, 0.5) is 0 Å². The van der Waals surface area contributed by atoms with Crippen LogP contribution in [0.25, 0.3) is 32.4 Å². The van der Waals surface area contributed by atoms with E-state index < -0.39 is 0 Å². The Morgan fingerprint density at radius 3 is 2.84 bits per heavy atom. The number of amides is 1. The standard InChI is InChI=1S/C22H20ClN5O3S/c1-13-17-21(24-12-28(22(17)30)11-16(29)27-8-3-2-4-9-27)32-18(13)20-25-19(26-31-20)14-6-5-7-15(23)10-14/h5-7,10,12H,2-4,8-9,11H2,1H3. The minimum absolute atomic E-state index is 0.00807. The smallest absolute Gasteiger partial charge is 0.268 e. The molecule has 32 heavy (non-hydrogen) atoms. The number of fused-ring (bicyclic) bond motifs is 1. The number of likely N-dealkylation sites (tertiary alicyclic amines) is 1. The van der Waals surface area contributed by atoms with Crippen molar-refractivity contribution in [3.05, 3.63) is 51.5 Å². The fourth-order valence-corrected chi connectivity index (χ4v) is 5.18. The molecule has 8 nitrogen and oxygen atoms in total. The predicted molar refractivity (Wildman–Crippen MR) is 123 cm³/mol. The lowest BCUT2D eigenvalue weighted by atomic mass is 10.1. The maximum atomic E-state index is 13.2. The first-order chi connectivity index (χ1) is 15.5. The van der Waals surface area contributed by atoms with E-state index in [0.29, 0.717) is 37.4 Å². The molecule has 1 fully saturated rings. The average molecular weight is 470 g/mol. The van der Waals surface area contributed by atoms with Crippen LogP contribution in [-0.4, -0.2) is 43.6 Å². The molecule has 0 radical (unpaired) electrons. The zero-order chi connectivity index (χ0) is 22.2. The lowest BCUT2D eigenvalue weighted by Gasteiger charge is -2.26. The van der Waals surface area contributed by atoms with E-state index in [2.05, 4.69) is 15.1 Å². The summed E-state index contributed by atoms with van der Waals surface area (Å²) in [4.78, 5) is 37.8. The Morgan fingerprint density at radius 2 is 2.06 bits per heavy atom. The van der Waals surface area contributed by atoms with Gasteiger partial charge < -0.3 is 9.42 Å². The zero-order valence-electron chi connectivity index (χ0n) is 17.4. The van der Waals surface area contributed by atoms with E-state index in [1.807, 2.05) is 24.0 Å². The number of thiophene rings is 1. The maximum Gasteiger partial charge on any atom is 0.268 e. The molecule has 164 valence electrons. The number of rotatable bonds is 4. The predicted octanol–water partition coefficient (Wildman–Crippen LogP) is 4.15. The van der Waals surface area contributed by atoms with Crippen LogP contribution in [0.15, 0.2) is 39.9 Å². The number of aromatic nitrogens is 4. The fraction of sp³-hybridized carbons (Fsp3) is 0.318. The Morgan fingerprint density at radius 1 is 1.25 bits per heavy atom. The Hall–Kier alpha value is -3.04. The van der Waals surface area contributed by atoms with Crippen molar-refractivity contribution < 1.29 is 9.32 Å². The van der Waals surface area contributed by atoms with E-state index >= 15 is 0 Å². The van der Waals surface area contributed by atoms with Crippen molar-refractivity contribution >= 4 is 39.1 Å². The third kappa shape index (κ3) is 3.82. The Kier molecular flexibility index (Phi) is 5.52. The van der Waals surface area contributed by atoms with E-state index in [0.717, 1.165) is 37.9 Å². The van der Waals surface area contributed by atoms with E-state index in [1.165, 1.54) is 22.2 Å². The minimum atomic E-state index is -0.241. The van der Waals surface area contributed by atoms with Gasteiger partial charge >= 0.3 is 0 Å². The number of carbonyl (C=O) groups excluding carboxylic acids is 1. The Bertz CT molecular complexity index is 1370. The number of benzene rings is 1. The lowest BCUT2D eigenvalue weighted by molar-refractivity contribution is -0.132. The van der Waals surface area contributed by atoms with Gasteiger partial charge in [-0.15, -0.1) is 11.3 Å². The van der Waals surface area contributed by atoms with Gasteiger partial charge in [0.25, 0.3) is 11.4 Å². The van der Waals surface area contributed by atoms with Crippen molar-refractivity contribution in [1.82, 2.24) is 24.6 Å². The summed E-state index contributed by atoms with van der Waals surface area (Å²) in [6, 6.07) is 7.19. The summed E-state index contributed by atoms with van der Waals surface area (Å²) in [5.74, 6) is 0.678. The van der Waals surface area contributed by atoms with E-state index in [4.69, 9.17) is 16.1 Å². The first kappa shape index (κ1) is 20.8. The molecule has 1 saturated heterocycles. The van der Waals surface area contributed by atoms with Crippen molar-refractivity contribution in [2.24, 2.45) is 0 Å². The topological polar surface area (TPSA) is 94.1 Å². The molecule has 3 aromatic heterocycles.